The molecule has 0 spiro atoms. The van der Waals surface area contributed by atoms with Gasteiger partial charge in [0.2, 0.25) is 5.16 Å². The van der Waals surface area contributed by atoms with Gasteiger partial charge >= 0.3 is 6.61 Å². The number of rotatable bonds is 5. The second-order valence-corrected chi connectivity index (χ2v) is 6.55. The lowest BCUT2D eigenvalue weighted by molar-refractivity contribution is -0.0498. The average Bonchev–Trinajstić information content (AvgIpc) is 3.05. The molecule has 0 fully saturated rings. The summed E-state index contributed by atoms with van der Waals surface area (Å²) in [5.74, 6) is 1.52. The lowest BCUT2D eigenvalue weighted by Gasteiger charge is -2.14. The molecule has 2 aromatic carbocycles. The molecule has 1 aliphatic rings. The summed E-state index contributed by atoms with van der Waals surface area (Å²) >= 11 is 1.55. The summed E-state index contributed by atoms with van der Waals surface area (Å²) in [5, 5.41) is 13.9. The predicted molar refractivity (Wildman–Crippen MR) is 95.0 cm³/mol. The molecule has 2 heterocycles. The van der Waals surface area contributed by atoms with Crippen molar-refractivity contribution in [2.24, 2.45) is 5.10 Å². The summed E-state index contributed by atoms with van der Waals surface area (Å²) in [6.45, 7) is -2.83. The SMILES string of the molecule is FC(F)Oc1ccc(C2=Nn3c(Cc4ccccc4)nnc3SC2)cc1. The van der Waals surface area contributed by atoms with Gasteiger partial charge in [-0.3, -0.25) is 0 Å². The van der Waals surface area contributed by atoms with Crippen LogP contribution in [0.2, 0.25) is 0 Å². The van der Waals surface area contributed by atoms with Crippen molar-refractivity contribution in [3.05, 3.63) is 71.5 Å². The van der Waals surface area contributed by atoms with Crippen LogP contribution in [0.3, 0.4) is 0 Å². The number of thioether (sulfide) groups is 1. The van der Waals surface area contributed by atoms with Gasteiger partial charge < -0.3 is 4.74 Å². The molecule has 0 saturated heterocycles. The predicted octanol–water partition coefficient (Wildman–Crippen LogP) is 3.83. The van der Waals surface area contributed by atoms with Crippen LogP contribution < -0.4 is 4.74 Å². The van der Waals surface area contributed by atoms with Gasteiger partial charge in [-0.2, -0.15) is 18.6 Å². The molecule has 0 amide bonds. The van der Waals surface area contributed by atoms with E-state index in [1.54, 1.807) is 28.6 Å². The van der Waals surface area contributed by atoms with Gasteiger partial charge in [-0.1, -0.05) is 42.1 Å². The normalized spacial score (nSPS) is 13.4. The van der Waals surface area contributed by atoms with E-state index >= 15 is 0 Å². The monoisotopic (exact) mass is 372 g/mol. The van der Waals surface area contributed by atoms with Crippen LogP contribution in [0, 0.1) is 0 Å². The summed E-state index contributed by atoms with van der Waals surface area (Å²) in [5.41, 5.74) is 2.81. The smallest absolute Gasteiger partial charge is 0.387 e. The van der Waals surface area contributed by atoms with E-state index < -0.39 is 6.61 Å². The molecule has 0 N–H and O–H groups in total. The van der Waals surface area contributed by atoms with Crippen LogP contribution >= 0.6 is 11.8 Å². The minimum Gasteiger partial charge on any atom is -0.435 e. The van der Waals surface area contributed by atoms with Crippen LogP contribution in [0.15, 0.2) is 64.9 Å². The highest BCUT2D eigenvalue weighted by molar-refractivity contribution is 7.99. The van der Waals surface area contributed by atoms with Gasteiger partial charge in [0.05, 0.1) is 5.71 Å². The van der Waals surface area contributed by atoms with Crippen molar-refractivity contribution in [2.45, 2.75) is 18.2 Å². The van der Waals surface area contributed by atoms with Crippen molar-refractivity contribution >= 4 is 17.5 Å². The number of halogens is 2. The number of alkyl halides is 2. The van der Waals surface area contributed by atoms with Crippen LogP contribution in [0.25, 0.3) is 0 Å². The Morgan fingerprint density at radius 1 is 1.04 bits per heavy atom. The van der Waals surface area contributed by atoms with Crippen molar-refractivity contribution in [1.29, 1.82) is 0 Å². The lowest BCUT2D eigenvalue weighted by atomic mass is 10.1. The van der Waals surface area contributed by atoms with Crippen molar-refractivity contribution in [2.75, 3.05) is 5.75 Å². The van der Waals surface area contributed by atoms with Crippen LogP contribution in [0.5, 0.6) is 5.75 Å². The first-order valence-corrected chi connectivity index (χ1v) is 8.92. The highest BCUT2D eigenvalue weighted by atomic mass is 32.2. The summed E-state index contributed by atoms with van der Waals surface area (Å²) in [6, 6.07) is 16.5. The molecule has 0 atom stereocenters. The fourth-order valence-electron chi connectivity index (χ4n) is 2.63. The highest BCUT2D eigenvalue weighted by Crippen LogP contribution is 2.26. The molecule has 0 unspecified atom stereocenters. The van der Waals surface area contributed by atoms with E-state index in [0.717, 1.165) is 27.8 Å². The zero-order valence-corrected chi connectivity index (χ0v) is 14.4. The number of benzene rings is 2. The van der Waals surface area contributed by atoms with Crippen LogP contribution in [-0.2, 0) is 6.42 Å². The van der Waals surface area contributed by atoms with Gasteiger partial charge in [0, 0.05) is 12.2 Å². The highest BCUT2D eigenvalue weighted by Gasteiger charge is 2.20. The van der Waals surface area contributed by atoms with E-state index in [1.165, 1.54) is 12.1 Å². The number of hydrogen-bond acceptors (Lipinski definition) is 5. The third-order valence-electron chi connectivity index (χ3n) is 3.85. The third kappa shape index (κ3) is 3.60. The summed E-state index contributed by atoms with van der Waals surface area (Å²) < 4.78 is 30.7. The fourth-order valence-corrected chi connectivity index (χ4v) is 3.48. The molecule has 26 heavy (non-hydrogen) atoms. The maximum Gasteiger partial charge on any atom is 0.387 e. The molecule has 0 radical (unpaired) electrons. The molecule has 1 aromatic heterocycles. The third-order valence-corrected chi connectivity index (χ3v) is 4.78. The molecular weight excluding hydrogens is 358 g/mol. The molecule has 132 valence electrons. The number of nitrogens with zero attached hydrogens (tertiary/aromatic N) is 4. The molecule has 3 aromatic rings. The van der Waals surface area contributed by atoms with E-state index in [0.29, 0.717) is 12.2 Å². The largest absolute Gasteiger partial charge is 0.435 e. The molecular formula is C18H14F2N4OS. The van der Waals surface area contributed by atoms with Crippen molar-refractivity contribution in [3.8, 4) is 5.75 Å². The van der Waals surface area contributed by atoms with E-state index in [-0.39, 0.29) is 5.75 Å². The minimum atomic E-state index is -2.83. The van der Waals surface area contributed by atoms with Crippen molar-refractivity contribution in [1.82, 2.24) is 14.9 Å². The Morgan fingerprint density at radius 2 is 1.81 bits per heavy atom. The zero-order valence-electron chi connectivity index (χ0n) is 13.5. The zero-order chi connectivity index (χ0) is 17.9. The first-order valence-electron chi connectivity index (χ1n) is 7.93. The standard InChI is InChI=1S/C18H14F2N4OS/c19-17(20)25-14-8-6-13(7-9-14)15-11-26-18-22-21-16(24(18)23-15)10-12-4-2-1-3-5-12/h1-9,17H,10-11H2. The first kappa shape index (κ1) is 16.7. The maximum atomic E-state index is 12.3. The summed E-state index contributed by atoms with van der Waals surface area (Å²) in [4.78, 5) is 0. The maximum absolute atomic E-state index is 12.3. The Hall–Kier alpha value is -2.74. The Morgan fingerprint density at radius 3 is 2.54 bits per heavy atom. The number of hydrogen-bond donors (Lipinski definition) is 0. The molecule has 5 nitrogen and oxygen atoms in total. The number of ether oxygens (including phenoxy) is 1. The topological polar surface area (TPSA) is 52.3 Å². The summed E-state index contributed by atoms with van der Waals surface area (Å²) in [7, 11) is 0. The lowest BCUT2D eigenvalue weighted by Crippen LogP contribution is -2.15. The van der Waals surface area contributed by atoms with E-state index in [2.05, 4.69) is 20.0 Å². The minimum absolute atomic E-state index is 0.127. The van der Waals surface area contributed by atoms with Crippen LogP contribution in [-0.4, -0.2) is 32.9 Å². The Labute approximate surface area is 152 Å². The fraction of sp³-hybridized carbons (Fsp3) is 0.167. The van der Waals surface area contributed by atoms with Gasteiger partial charge in [0.25, 0.3) is 0 Å². The second-order valence-electron chi connectivity index (χ2n) is 5.61. The first-order chi connectivity index (χ1) is 12.7. The molecule has 0 bridgehead atoms. The van der Waals surface area contributed by atoms with Gasteiger partial charge in [-0.15, -0.1) is 10.2 Å². The Balaban J connectivity index is 1.59. The average molecular weight is 372 g/mol. The van der Waals surface area contributed by atoms with Crippen LogP contribution in [0.1, 0.15) is 17.0 Å². The van der Waals surface area contributed by atoms with E-state index in [4.69, 9.17) is 0 Å². The van der Waals surface area contributed by atoms with Crippen molar-refractivity contribution < 1.29 is 13.5 Å². The molecule has 8 heteroatoms. The van der Waals surface area contributed by atoms with Crippen molar-refractivity contribution in [3.63, 3.8) is 0 Å². The number of fused-ring (bicyclic) bond motifs is 1. The van der Waals surface area contributed by atoms with Crippen LogP contribution in [0.4, 0.5) is 8.78 Å². The second kappa shape index (κ2) is 7.25. The quantitative estimate of drug-likeness (QED) is 0.683. The molecule has 1 aliphatic heterocycles. The molecule has 4 rings (SSSR count). The van der Waals surface area contributed by atoms with E-state index in [9.17, 15) is 8.78 Å². The number of aromatic nitrogens is 3. The Kier molecular flexibility index (Phi) is 4.66. The van der Waals surface area contributed by atoms with E-state index in [1.807, 2.05) is 30.3 Å². The molecule has 0 aliphatic carbocycles. The van der Waals surface area contributed by atoms with Gasteiger partial charge in [0.15, 0.2) is 5.82 Å². The van der Waals surface area contributed by atoms with Gasteiger partial charge in [0.1, 0.15) is 5.75 Å². The molecule has 0 saturated carbocycles. The van der Waals surface area contributed by atoms with Gasteiger partial charge in [-0.25, -0.2) is 0 Å². The summed E-state index contributed by atoms with van der Waals surface area (Å²) in [6.07, 6.45) is 0.631. The Bertz CT molecular complexity index is 926. The van der Waals surface area contributed by atoms with Gasteiger partial charge in [-0.05, 0) is 35.4 Å².